The number of morpholine rings is 1. The van der Waals surface area contributed by atoms with E-state index >= 15 is 0 Å². The Bertz CT molecular complexity index is 854. The summed E-state index contributed by atoms with van der Waals surface area (Å²) in [6.45, 7) is 3.34. The van der Waals surface area contributed by atoms with Crippen molar-refractivity contribution in [2.24, 2.45) is 11.1 Å². The van der Waals surface area contributed by atoms with E-state index in [1.54, 1.807) is 20.8 Å². The molecule has 178 valence electrons. The minimum Gasteiger partial charge on any atom is -0.370 e. The molecule has 1 saturated heterocycles. The third-order valence-electron chi connectivity index (χ3n) is 4.43. The summed E-state index contributed by atoms with van der Waals surface area (Å²) in [6, 6.07) is 1.50. The van der Waals surface area contributed by atoms with E-state index in [0.29, 0.717) is 4.90 Å². The van der Waals surface area contributed by atoms with Gasteiger partial charge < -0.3 is 20.7 Å². The zero-order valence-electron chi connectivity index (χ0n) is 18.0. The third kappa shape index (κ3) is 7.16. The number of primary amides is 1. The van der Waals surface area contributed by atoms with Crippen LogP contribution < -0.4 is 16.0 Å². The van der Waals surface area contributed by atoms with Gasteiger partial charge in [-0.05, 0) is 23.6 Å². The molecule has 1 aromatic carbocycles. The van der Waals surface area contributed by atoms with E-state index in [1.165, 1.54) is 17.0 Å². The topological polar surface area (TPSA) is 105 Å². The van der Waals surface area contributed by atoms with Crippen molar-refractivity contribution >= 4 is 29.1 Å². The lowest BCUT2D eigenvalue weighted by molar-refractivity contribution is -0.159. The number of carbonyl (C=O) groups excluding carboxylic acids is 3. The zero-order valence-corrected chi connectivity index (χ0v) is 18.0. The molecule has 32 heavy (non-hydrogen) atoms. The van der Waals surface area contributed by atoms with Gasteiger partial charge in [-0.3, -0.25) is 19.3 Å². The monoisotopic (exact) mass is 462 g/mol. The van der Waals surface area contributed by atoms with Gasteiger partial charge in [0.2, 0.25) is 5.91 Å². The van der Waals surface area contributed by atoms with Gasteiger partial charge in [-0.25, -0.2) is 4.39 Å². The summed E-state index contributed by atoms with van der Waals surface area (Å²) < 4.78 is 58.8. The van der Waals surface area contributed by atoms with Crippen molar-refractivity contribution in [3.05, 3.63) is 24.0 Å². The summed E-state index contributed by atoms with van der Waals surface area (Å²) in [4.78, 5) is 38.3. The molecule has 1 aliphatic rings. The molecule has 2 rings (SSSR count). The van der Waals surface area contributed by atoms with Gasteiger partial charge in [-0.15, -0.1) is 0 Å². The average Bonchev–Trinajstić information content (AvgIpc) is 2.59. The predicted octanol–water partition coefficient (Wildman–Crippen LogP) is 1.89. The molecule has 0 aliphatic carbocycles. The van der Waals surface area contributed by atoms with Crippen LogP contribution in [0, 0.1) is 11.2 Å². The fourth-order valence-electron chi connectivity index (χ4n) is 3.34. The lowest BCUT2D eigenvalue weighted by Crippen LogP contribution is -2.56. The van der Waals surface area contributed by atoms with E-state index < -0.39 is 47.7 Å². The maximum absolute atomic E-state index is 14.6. The van der Waals surface area contributed by atoms with E-state index in [-0.39, 0.29) is 37.7 Å². The first-order valence-corrected chi connectivity index (χ1v) is 9.76. The summed E-state index contributed by atoms with van der Waals surface area (Å²) in [7, 11) is 0. The fourth-order valence-corrected chi connectivity index (χ4v) is 3.34. The van der Waals surface area contributed by atoms with E-state index in [0.717, 1.165) is 6.07 Å². The Morgan fingerprint density at radius 1 is 1.25 bits per heavy atom. The van der Waals surface area contributed by atoms with Crippen LogP contribution in [0.4, 0.5) is 28.9 Å². The Labute approximate surface area is 182 Å². The summed E-state index contributed by atoms with van der Waals surface area (Å²) in [5.41, 5.74) is 4.44. The van der Waals surface area contributed by atoms with Gasteiger partial charge in [0.1, 0.15) is 12.4 Å². The van der Waals surface area contributed by atoms with Crippen LogP contribution in [-0.2, 0) is 19.1 Å². The third-order valence-corrected chi connectivity index (χ3v) is 4.43. The number of amides is 3. The molecule has 0 bridgehead atoms. The second-order valence-corrected chi connectivity index (χ2v) is 8.64. The highest BCUT2D eigenvalue weighted by Crippen LogP contribution is 2.26. The van der Waals surface area contributed by atoms with Gasteiger partial charge in [0.25, 0.3) is 11.8 Å². The van der Waals surface area contributed by atoms with Gasteiger partial charge in [-0.1, -0.05) is 20.8 Å². The first-order valence-electron chi connectivity index (χ1n) is 9.76. The number of hydrogen-bond acceptors (Lipinski definition) is 5. The molecule has 0 saturated carbocycles. The molecule has 0 radical (unpaired) electrons. The quantitative estimate of drug-likeness (QED) is 0.476. The Morgan fingerprint density at radius 2 is 1.91 bits per heavy atom. The Morgan fingerprint density at radius 3 is 2.41 bits per heavy atom. The summed E-state index contributed by atoms with van der Waals surface area (Å²) in [6.07, 6.45) is -4.68. The van der Waals surface area contributed by atoms with E-state index in [9.17, 15) is 31.9 Å². The minimum absolute atomic E-state index is 0.0332. The number of ether oxygens (including phenoxy) is 1. The van der Waals surface area contributed by atoms with Crippen molar-refractivity contribution in [1.82, 2.24) is 4.90 Å². The van der Waals surface area contributed by atoms with Gasteiger partial charge in [0.15, 0.2) is 6.04 Å². The molecule has 8 nitrogen and oxygen atoms in total. The van der Waals surface area contributed by atoms with Crippen LogP contribution in [0.15, 0.2) is 18.2 Å². The molecule has 3 N–H and O–H groups in total. The minimum atomic E-state index is -4.68. The highest BCUT2D eigenvalue weighted by molar-refractivity contribution is 6.09. The number of anilines is 2. The van der Waals surface area contributed by atoms with Crippen molar-refractivity contribution in [2.75, 3.05) is 43.1 Å². The summed E-state index contributed by atoms with van der Waals surface area (Å²) >= 11 is 0. The van der Waals surface area contributed by atoms with Gasteiger partial charge in [0, 0.05) is 18.8 Å². The number of nitrogens with two attached hydrogens (primary N) is 1. The van der Waals surface area contributed by atoms with Crippen molar-refractivity contribution in [3.8, 4) is 0 Å². The molecule has 12 heteroatoms. The molecule has 1 atom stereocenters. The van der Waals surface area contributed by atoms with Crippen LogP contribution >= 0.6 is 0 Å². The molecular formula is C20H26F4N4O4. The zero-order chi connectivity index (χ0) is 24.3. The van der Waals surface area contributed by atoms with Crippen LogP contribution in [0.5, 0.6) is 0 Å². The molecule has 0 spiro atoms. The van der Waals surface area contributed by atoms with Crippen LogP contribution in [0.2, 0.25) is 0 Å². The molecular weight excluding hydrogens is 436 g/mol. The van der Waals surface area contributed by atoms with E-state index in [2.05, 4.69) is 5.32 Å². The second-order valence-electron chi connectivity index (χ2n) is 8.64. The normalized spacial score (nSPS) is 16.2. The van der Waals surface area contributed by atoms with Gasteiger partial charge in [0.05, 0.1) is 18.8 Å². The van der Waals surface area contributed by atoms with Crippen molar-refractivity contribution in [2.45, 2.75) is 33.0 Å². The highest BCUT2D eigenvalue weighted by atomic mass is 19.4. The molecule has 1 fully saturated rings. The van der Waals surface area contributed by atoms with Crippen LogP contribution in [-0.4, -0.2) is 67.7 Å². The second kappa shape index (κ2) is 9.82. The average molecular weight is 462 g/mol. The number of alkyl halides is 3. The molecule has 0 aromatic heterocycles. The molecule has 1 aliphatic heterocycles. The Balaban J connectivity index is 2.25. The number of benzene rings is 1. The van der Waals surface area contributed by atoms with Gasteiger partial charge >= 0.3 is 6.18 Å². The molecule has 0 unspecified atom stereocenters. The Hall–Kier alpha value is -2.73. The Kier molecular flexibility index (Phi) is 7.83. The van der Waals surface area contributed by atoms with Crippen LogP contribution in [0.25, 0.3) is 0 Å². The smallest absolute Gasteiger partial charge is 0.370 e. The van der Waals surface area contributed by atoms with E-state index in [1.807, 2.05) is 0 Å². The maximum atomic E-state index is 14.6. The SMILES string of the molecule is CC(C)(C)CN(CC(F)(F)F)[C@@H](C(N)=O)C(=O)Nc1ccc(N2CCOCC2=O)c(F)c1. The lowest BCUT2D eigenvalue weighted by Gasteiger charge is -2.34. The summed E-state index contributed by atoms with van der Waals surface area (Å²) in [5, 5.41) is 2.24. The molecule has 1 heterocycles. The number of nitrogens with zero attached hydrogens (tertiary/aromatic N) is 2. The number of carbonyl (C=O) groups is 3. The maximum Gasteiger partial charge on any atom is 0.401 e. The predicted molar refractivity (Wildman–Crippen MR) is 108 cm³/mol. The summed E-state index contributed by atoms with van der Waals surface area (Å²) in [5.74, 6) is -3.67. The number of nitrogens with one attached hydrogen (secondary N) is 1. The fraction of sp³-hybridized carbons (Fsp3) is 0.550. The number of hydrogen-bond donors (Lipinski definition) is 2. The van der Waals surface area contributed by atoms with Crippen molar-refractivity contribution in [3.63, 3.8) is 0 Å². The number of rotatable bonds is 7. The standard InChI is InChI=1S/C20H26F4N4O4/c1-19(2,3)10-27(11-20(22,23)24)16(17(25)30)18(31)26-12-4-5-14(13(21)8-12)28-6-7-32-9-15(28)29/h4-5,8,16H,6-7,9-11H2,1-3H3,(H2,25,30)(H,26,31)/t16-/m0/s1. The van der Waals surface area contributed by atoms with E-state index in [4.69, 9.17) is 10.5 Å². The van der Waals surface area contributed by atoms with Crippen LogP contribution in [0.3, 0.4) is 0 Å². The molecule has 3 amide bonds. The van der Waals surface area contributed by atoms with Crippen molar-refractivity contribution in [1.29, 1.82) is 0 Å². The highest BCUT2D eigenvalue weighted by Gasteiger charge is 2.40. The lowest BCUT2D eigenvalue weighted by atomic mass is 9.95. The molecule has 1 aromatic rings. The largest absolute Gasteiger partial charge is 0.401 e. The first kappa shape index (κ1) is 25.5. The van der Waals surface area contributed by atoms with Crippen LogP contribution in [0.1, 0.15) is 20.8 Å². The number of halogens is 4. The van der Waals surface area contributed by atoms with Crippen molar-refractivity contribution < 1.29 is 36.7 Å². The first-order chi connectivity index (χ1) is 14.7. The van der Waals surface area contributed by atoms with Gasteiger partial charge in [-0.2, -0.15) is 13.2 Å².